The summed E-state index contributed by atoms with van der Waals surface area (Å²) in [6.45, 7) is 10.2. The number of piperidine rings is 1. The molecule has 224 valence electrons. The molecule has 2 aliphatic heterocycles. The van der Waals surface area contributed by atoms with Crippen molar-refractivity contribution in [1.29, 1.82) is 0 Å². The predicted octanol–water partition coefficient (Wildman–Crippen LogP) is 5.76. The number of ether oxygens (including phenoxy) is 1. The van der Waals surface area contributed by atoms with Crippen LogP contribution in [0.1, 0.15) is 25.3 Å². The average Bonchev–Trinajstić information content (AvgIpc) is 2.97. The van der Waals surface area contributed by atoms with E-state index in [-0.39, 0.29) is 5.91 Å². The van der Waals surface area contributed by atoms with E-state index >= 15 is 0 Å². The summed E-state index contributed by atoms with van der Waals surface area (Å²) in [4.78, 5) is 28.2. The number of hydrogen-bond acceptors (Lipinski definition) is 9. The van der Waals surface area contributed by atoms with E-state index in [4.69, 9.17) is 27.9 Å². The fraction of sp³-hybridized carbons (Fsp3) is 0.433. The zero-order valence-corrected chi connectivity index (χ0v) is 26.0. The number of aromatic nitrogens is 2. The van der Waals surface area contributed by atoms with Crippen LogP contribution in [0.25, 0.3) is 0 Å². The third-order valence-electron chi connectivity index (χ3n) is 7.91. The predicted molar refractivity (Wildman–Crippen MR) is 171 cm³/mol. The van der Waals surface area contributed by atoms with Crippen LogP contribution in [-0.2, 0) is 4.79 Å². The minimum Gasteiger partial charge on any atom is -0.494 e. The highest BCUT2D eigenvalue weighted by molar-refractivity contribution is 6.33. The lowest BCUT2D eigenvalue weighted by Gasteiger charge is -2.43. The summed E-state index contributed by atoms with van der Waals surface area (Å²) in [6.07, 6.45) is 3.84. The number of halogens is 2. The molecule has 1 aromatic heterocycles. The van der Waals surface area contributed by atoms with Gasteiger partial charge in [0.1, 0.15) is 10.8 Å². The molecule has 0 bridgehead atoms. The molecular formula is C30H38Cl2N8O2. The van der Waals surface area contributed by atoms with Crippen LogP contribution in [0.15, 0.2) is 36.5 Å². The quantitative estimate of drug-likeness (QED) is 0.293. The molecule has 10 nitrogen and oxygen atoms in total. The molecule has 0 unspecified atom stereocenters. The van der Waals surface area contributed by atoms with Gasteiger partial charge in [-0.3, -0.25) is 9.69 Å². The maximum atomic E-state index is 11.7. The number of anilines is 6. The normalized spacial score (nSPS) is 16.8. The standard InChI is InChI=1S/C30H38Cl2N8O2/c1-19-15-26(28(42-4)17-27(19)40-9-7-22(8-10-40)39-13-11-38(3)12-14-39)36-30-33-18-23(32)29(37-30)35-25-16-21(31)5-6-24(25)34-20(2)41/h5-6,15-18,22H,7-14H2,1-4H3,(H,34,41)(H2,33,35,36,37). The monoisotopic (exact) mass is 612 g/mol. The van der Waals surface area contributed by atoms with Crippen LogP contribution in [0, 0.1) is 6.92 Å². The largest absolute Gasteiger partial charge is 0.494 e. The molecule has 2 aliphatic rings. The second-order valence-corrected chi connectivity index (χ2v) is 11.8. The molecule has 3 aromatic rings. The Hall–Kier alpha value is -3.31. The van der Waals surface area contributed by atoms with Crippen LogP contribution in [-0.4, -0.2) is 85.1 Å². The van der Waals surface area contributed by atoms with Crippen molar-refractivity contribution in [2.75, 3.05) is 74.3 Å². The number of carbonyl (C=O) groups is 1. The van der Waals surface area contributed by atoms with Crippen molar-refractivity contribution in [2.24, 2.45) is 0 Å². The van der Waals surface area contributed by atoms with E-state index in [2.05, 4.69) is 66.7 Å². The molecule has 0 spiro atoms. The third-order valence-corrected chi connectivity index (χ3v) is 8.43. The van der Waals surface area contributed by atoms with Gasteiger partial charge in [0.25, 0.3) is 0 Å². The topological polar surface area (TPSA) is 97.9 Å². The molecule has 0 atom stereocenters. The lowest BCUT2D eigenvalue weighted by molar-refractivity contribution is -0.114. The molecule has 12 heteroatoms. The highest BCUT2D eigenvalue weighted by Crippen LogP contribution is 2.37. The van der Waals surface area contributed by atoms with Crippen molar-refractivity contribution < 1.29 is 9.53 Å². The number of nitrogens with one attached hydrogen (secondary N) is 3. The van der Waals surface area contributed by atoms with Crippen LogP contribution in [0.4, 0.5) is 34.5 Å². The summed E-state index contributed by atoms with van der Waals surface area (Å²) >= 11 is 12.6. The number of amides is 1. The molecule has 2 saturated heterocycles. The molecule has 0 saturated carbocycles. The first-order valence-electron chi connectivity index (χ1n) is 14.2. The van der Waals surface area contributed by atoms with Crippen molar-refractivity contribution in [1.82, 2.24) is 19.8 Å². The Kier molecular flexibility index (Phi) is 9.57. The van der Waals surface area contributed by atoms with Crippen LogP contribution < -0.4 is 25.6 Å². The van der Waals surface area contributed by atoms with Crippen molar-refractivity contribution in [3.05, 3.63) is 52.1 Å². The first kappa shape index (κ1) is 30.2. The smallest absolute Gasteiger partial charge is 0.229 e. The Morgan fingerprint density at radius 1 is 0.976 bits per heavy atom. The van der Waals surface area contributed by atoms with E-state index in [1.54, 1.807) is 25.3 Å². The van der Waals surface area contributed by atoms with Crippen molar-refractivity contribution >= 4 is 63.6 Å². The van der Waals surface area contributed by atoms with Crippen LogP contribution in [0.5, 0.6) is 5.75 Å². The summed E-state index contributed by atoms with van der Waals surface area (Å²) in [5, 5.41) is 10.1. The van der Waals surface area contributed by atoms with Gasteiger partial charge >= 0.3 is 0 Å². The van der Waals surface area contributed by atoms with Crippen molar-refractivity contribution in [2.45, 2.75) is 32.7 Å². The molecular weight excluding hydrogens is 575 g/mol. The van der Waals surface area contributed by atoms with Crippen LogP contribution >= 0.6 is 23.2 Å². The molecule has 5 rings (SSSR count). The number of hydrogen-bond donors (Lipinski definition) is 3. The number of likely N-dealkylation sites (N-methyl/N-ethyl adjacent to an activating group) is 1. The number of carbonyl (C=O) groups excluding carboxylic acids is 1. The van der Waals surface area contributed by atoms with Gasteiger partial charge in [-0.05, 0) is 56.6 Å². The Morgan fingerprint density at radius 3 is 2.40 bits per heavy atom. The number of aryl methyl sites for hydroxylation is 1. The number of nitrogens with zero attached hydrogens (tertiary/aromatic N) is 5. The number of rotatable bonds is 8. The van der Waals surface area contributed by atoms with Gasteiger partial charge in [-0.25, -0.2) is 4.98 Å². The van der Waals surface area contributed by atoms with Crippen LogP contribution in [0.3, 0.4) is 0 Å². The number of piperazine rings is 1. The van der Waals surface area contributed by atoms with Gasteiger partial charge in [0.15, 0.2) is 5.82 Å². The maximum Gasteiger partial charge on any atom is 0.229 e. The van der Waals surface area contributed by atoms with E-state index in [0.29, 0.717) is 45.0 Å². The minimum atomic E-state index is -0.207. The molecule has 3 N–H and O–H groups in total. The van der Waals surface area contributed by atoms with Gasteiger partial charge in [0.2, 0.25) is 11.9 Å². The van der Waals surface area contributed by atoms with E-state index in [1.165, 1.54) is 18.8 Å². The molecule has 3 heterocycles. The van der Waals surface area contributed by atoms with E-state index in [0.717, 1.165) is 63.4 Å². The van der Waals surface area contributed by atoms with Crippen molar-refractivity contribution in [3.63, 3.8) is 0 Å². The van der Waals surface area contributed by atoms with Gasteiger partial charge in [-0.1, -0.05) is 23.2 Å². The van der Waals surface area contributed by atoms with Gasteiger partial charge in [0, 0.05) is 69.0 Å². The average molecular weight is 614 g/mol. The Morgan fingerprint density at radius 2 is 1.71 bits per heavy atom. The SMILES string of the molecule is COc1cc(N2CCC(N3CCN(C)CC3)CC2)c(C)cc1Nc1ncc(Cl)c(Nc2cc(Cl)ccc2NC(C)=O)n1. The molecule has 0 radical (unpaired) electrons. The first-order chi connectivity index (χ1) is 20.2. The second kappa shape index (κ2) is 13.3. The summed E-state index contributed by atoms with van der Waals surface area (Å²) in [7, 11) is 3.87. The fourth-order valence-corrected chi connectivity index (χ4v) is 5.94. The van der Waals surface area contributed by atoms with Gasteiger partial charge in [-0.2, -0.15) is 4.98 Å². The van der Waals surface area contributed by atoms with E-state index in [9.17, 15) is 4.79 Å². The Labute approximate surface area is 257 Å². The van der Waals surface area contributed by atoms with E-state index < -0.39 is 0 Å². The summed E-state index contributed by atoms with van der Waals surface area (Å²) < 4.78 is 5.79. The summed E-state index contributed by atoms with van der Waals surface area (Å²) in [6, 6.07) is 9.92. The van der Waals surface area contributed by atoms with Gasteiger partial charge in [-0.15, -0.1) is 0 Å². The Balaban J connectivity index is 1.30. The molecule has 0 aliphatic carbocycles. The van der Waals surface area contributed by atoms with E-state index in [1.807, 2.05) is 0 Å². The molecule has 1 amide bonds. The highest BCUT2D eigenvalue weighted by Gasteiger charge is 2.27. The lowest BCUT2D eigenvalue weighted by atomic mass is 10.0. The zero-order valence-electron chi connectivity index (χ0n) is 24.5. The zero-order chi connectivity index (χ0) is 29.8. The molecule has 42 heavy (non-hydrogen) atoms. The first-order valence-corrected chi connectivity index (χ1v) is 15.0. The fourth-order valence-electron chi connectivity index (χ4n) is 5.63. The molecule has 2 aromatic carbocycles. The highest BCUT2D eigenvalue weighted by atomic mass is 35.5. The lowest BCUT2D eigenvalue weighted by Crippen LogP contribution is -2.52. The number of methoxy groups -OCH3 is 1. The summed E-state index contributed by atoms with van der Waals surface area (Å²) in [5.74, 6) is 1.19. The summed E-state index contributed by atoms with van der Waals surface area (Å²) in [5.41, 5.74) is 4.18. The maximum absolute atomic E-state index is 11.7. The minimum absolute atomic E-state index is 0.207. The van der Waals surface area contributed by atoms with Gasteiger partial charge in [0.05, 0.1) is 30.4 Å². The molecule has 2 fully saturated rings. The second-order valence-electron chi connectivity index (χ2n) is 10.9. The Bertz CT molecular complexity index is 1420. The van der Waals surface area contributed by atoms with Gasteiger partial charge < -0.3 is 30.5 Å². The third kappa shape index (κ3) is 7.18. The van der Waals surface area contributed by atoms with Crippen LogP contribution in [0.2, 0.25) is 10.0 Å². The van der Waals surface area contributed by atoms with Crippen molar-refractivity contribution in [3.8, 4) is 5.75 Å². The number of benzene rings is 2.